The Labute approximate surface area is 259 Å². The minimum atomic E-state index is -0.961. The van der Waals surface area contributed by atoms with Gasteiger partial charge in [0.1, 0.15) is 12.4 Å². The number of likely N-dealkylation sites (tertiary alicyclic amines) is 1. The number of halogens is 1. The van der Waals surface area contributed by atoms with Gasteiger partial charge in [-0.15, -0.1) is 0 Å². The molecule has 1 aromatic heterocycles. The number of benzene rings is 2. The Morgan fingerprint density at radius 1 is 1.26 bits per heavy atom. The average molecular weight is 602 g/mol. The SMILES string of the molecule is CC#N.CC(C)(O)c1ccc2c(c1)C(=CCCN1CCC(N(CC(N)=O)Cc3ccc(Cl)cc3)C1)c1cccnc1CO2. The van der Waals surface area contributed by atoms with Crippen molar-refractivity contribution in [3.05, 3.63) is 99.8 Å². The molecule has 3 aromatic rings. The number of carbonyl (C=O) groups is 1. The van der Waals surface area contributed by atoms with E-state index in [-0.39, 0.29) is 18.5 Å². The van der Waals surface area contributed by atoms with Gasteiger partial charge in [-0.05, 0) is 80.3 Å². The molecule has 9 heteroatoms. The first-order valence-electron chi connectivity index (χ1n) is 14.5. The number of nitrogens with zero attached hydrogens (tertiary/aromatic N) is 4. The summed E-state index contributed by atoms with van der Waals surface area (Å²) < 4.78 is 6.13. The van der Waals surface area contributed by atoms with Crippen LogP contribution in [0.15, 0.2) is 66.9 Å². The smallest absolute Gasteiger partial charge is 0.231 e. The summed E-state index contributed by atoms with van der Waals surface area (Å²) in [6, 6.07) is 19.7. The number of amides is 1. The summed E-state index contributed by atoms with van der Waals surface area (Å²) in [4.78, 5) is 21.1. The summed E-state index contributed by atoms with van der Waals surface area (Å²) in [7, 11) is 0. The van der Waals surface area contributed by atoms with Gasteiger partial charge in [0.25, 0.3) is 0 Å². The van der Waals surface area contributed by atoms with E-state index in [0.29, 0.717) is 18.2 Å². The predicted octanol–water partition coefficient (Wildman–Crippen LogP) is 5.27. The number of rotatable bonds is 9. The Morgan fingerprint density at radius 3 is 2.70 bits per heavy atom. The Morgan fingerprint density at radius 2 is 2.00 bits per heavy atom. The maximum absolute atomic E-state index is 11.9. The summed E-state index contributed by atoms with van der Waals surface area (Å²) in [6.07, 6.45) is 5.89. The van der Waals surface area contributed by atoms with Gasteiger partial charge in [0.15, 0.2) is 0 Å². The van der Waals surface area contributed by atoms with Gasteiger partial charge in [0, 0.05) is 54.9 Å². The van der Waals surface area contributed by atoms with Gasteiger partial charge in [-0.3, -0.25) is 14.7 Å². The summed E-state index contributed by atoms with van der Waals surface area (Å²) in [5.74, 6) is 0.479. The zero-order valence-corrected chi connectivity index (χ0v) is 25.8. The standard InChI is InChI=1S/C32H37ClN4O3.C2H3N/c1-32(2,39)23-9-12-30-28(17-23)26(27-5-3-14-35-29(27)21-40-30)6-4-15-36-16-13-25(19-36)37(20-31(34)38)18-22-7-10-24(33)11-8-22;1-2-3/h3,5-12,14,17,25,39H,4,13,15-16,18-21H2,1-2H3,(H2,34,38);1H3. The first-order valence-corrected chi connectivity index (χ1v) is 14.9. The number of nitrogens with two attached hydrogens (primary N) is 1. The van der Waals surface area contributed by atoms with E-state index in [1.54, 1.807) is 26.1 Å². The molecule has 8 nitrogen and oxygen atoms in total. The lowest BCUT2D eigenvalue weighted by molar-refractivity contribution is -0.119. The van der Waals surface area contributed by atoms with Crippen molar-refractivity contribution in [2.45, 2.75) is 58.4 Å². The molecule has 0 saturated carbocycles. The lowest BCUT2D eigenvalue weighted by atomic mass is 9.90. The number of ether oxygens (including phenoxy) is 1. The van der Waals surface area contributed by atoms with Crippen molar-refractivity contribution in [1.29, 1.82) is 5.26 Å². The number of nitriles is 1. The van der Waals surface area contributed by atoms with E-state index in [1.807, 2.05) is 48.5 Å². The van der Waals surface area contributed by atoms with Crippen molar-refractivity contribution in [1.82, 2.24) is 14.8 Å². The van der Waals surface area contributed by atoms with Gasteiger partial charge in [0.2, 0.25) is 5.91 Å². The second kappa shape index (κ2) is 14.6. The molecule has 0 aliphatic carbocycles. The first-order chi connectivity index (χ1) is 20.6. The molecule has 3 heterocycles. The molecule has 0 spiro atoms. The Hall–Kier alpha value is -3.74. The highest BCUT2D eigenvalue weighted by molar-refractivity contribution is 6.30. The summed E-state index contributed by atoms with van der Waals surface area (Å²) >= 11 is 6.06. The fraction of sp³-hybridized carbons (Fsp3) is 0.382. The summed E-state index contributed by atoms with van der Waals surface area (Å²) in [5, 5.41) is 18.7. The minimum Gasteiger partial charge on any atom is -0.487 e. The molecule has 3 N–H and O–H groups in total. The number of pyridine rings is 1. The van der Waals surface area contributed by atoms with Crippen LogP contribution < -0.4 is 10.5 Å². The van der Waals surface area contributed by atoms with Crippen LogP contribution in [0.5, 0.6) is 5.75 Å². The van der Waals surface area contributed by atoms with E-state index in [2.05, 4.69) is 26.9 Å². The lowest BCUT2D eigenvalue weighted by Gasteiger charge is -2.28. The molecule has 0 bridgehead atoms. The van der Waals surface area contributed by atoms with E-state index in [9.17, 15) is 9.90 Å². The average Bonchev–Trinajstić information content (AvgIpc) is 3.38. The van der Waals surface area contributed by atoms with Crippen molar-refractivity contribution in [3.63, 3.8) is 0 Å². The number of fused-ring (bicyclic) bond motifs is 2. The first kappa shape index (κ1) is 32.2. The molecular weight excluding hydrogens is 562 g/mol. The maximum atomic E-state index is 11.9. The fourth-order valence-electron chi connectivity index (χ4n) is 5.60. The molecule has 1 unspecified atom stereocenters. The van der Waals surface area contributed by atoms with Crippen molar-refractivity contribution >= 4 is 23.1 Å². The van der Waals surface area contributed by atoms with Crippen LogP contribution >= 0.6 is 11.6 Å². The fourth-order valence-corrected chi connectivity index (χ4v) is 5.73. The van der Waals surface area contributed by atoms with Gasteiger partial charge in [-0.2, -0.15) is 5.26 Å². The Bertz CT molecular complexity index is 1480. The van der Waals surface area contributed by atoms with Crippen LogP contribution in [0.2, 0.25) is 5.02 Å². The van der Waals surface area contributed by atoms with Crippen LogP contribution in [0.25, 0.3) is 5.57 Å². The maximum Gasteiger partial charge on any atom is 0.231 e. The second-order valence-electron chi connectivity index (χ2n) is 11.4. The summed E-state index contributed by atoms with van der Waals surface area (Å²) in [5.41, 5.74) is 10.6. The van der Waals surface area contributed by atoms with Crippen LogP contribution in [0.4, 0.5) is 0 Å². The summed E-state index contributed by atoms with van der Waals surface area (Å²) in [6.45, 7) is 9.05. The van der Waals surface area contributed by atoms with Crippen LogP contribution in [0.3, 0.4) is 0 Å². The molecule has 226 valence electrons. The zero-order valence-electron chi connectivity index (χ0n) is 25.1. The molecular formula is C34H40ClN5O3. The third kappa shape index (κ3) is 8.65. The molecule has 1 amide bonds. The Kier molecular flexibility index (Phi) is 10.9. The number of aliphatic hydroxyl groups is 1. The topological polar surface area (TPSA) is 116 Å². The van der Waals surface area contributed by atoms with Gasteiger partial charge in [0.05, 0.1) is 23.9 Å². The molecule has 2 aliphatic rings. The second-order valence-corrected chi connectivity index (χ2v) is 11.9. The van der Waals surface area contributed by atoms with Crippen LogP contribution in [0, 0.1) is 11.3 Å². The quantitative estimate of drug-likeness (QED) is 0.343. The molecule has 5 rings (SSSR count). The largest absolute Gasteiger partial charge is 0.487 e. The molecule has 43 heavy (non-hydrogen) atoms. The van der Waals surface area contributed by atoms with E-state index in [0.717, 1.165) is 71.7 Å². The zero-order chi connectivity index (χ0) is 31.0. The van der Waals surface area contributed by atoms with Gasteiger partial charge < -0.3 is 20.5 Å². The highest BCUT2D eigenvalue weighted by atomic mass is 35.5. The highest BCUT2D eigenvalue weighted by Crippen LogP contribution is 2.38. The van der Waals surface area contributed by atoms with Crippen molar-refractivity contribution in [2.75, 3.05) is 26.2 Å². The Balaban J connectivity index is 0.00000135. The molecule has 1 atom stereocenters. The van der Waals surface area contributed by atoms with E-state index < -0.39 is 5.60 Å². The lowest BCUT2D eigenvalue weighted by Crippen LogP contribution is -2.42. The van der Waals surface area contributed by atoms with Crippen molar-refractivity contribution in [2.24, 2.45) is 5.73 Å². The van der Waals surface area contributed by atoms with Crippen molar-refractivity contribution < 1.29 is 14.6 Å². The number of carbonyl (C=O) groups excluding carboxylic acids is 1. The number of primary amides is 1. The molecule has 1 saturated heterocycles. The molecule has 2 aromatic carbocycles. The minimum absolute atomic E-state index is 0.231. The third-order valence-electron chi connectivity index (χ3n) is 7.74. The number of aromatic nitrogens is 1. The monoisotopic (exact) mass is 601 g/mol. The van der Waals surface area contributed by atoms with Gasteiger partial charge >= 0.3 is 0 Å². The third-order valence-corrected chi connectivity index (χ3v) is 7.99. The highest BCUT2D eigenvalue weighted by Gasteiger charge is 2.29. The van der Waals surface area contributed by atoms with Crippen LogP contribution in [-0.4, -0.2) is 58.0 Å². The normalized spacial score (nSPS) is 17.2. The molecule has 1 fully saturated rings. The van der Waals surface area contributed by atoms with Crippen molar-refractivity contribution in [3.8, 4) is 11.8 Å². The van der Waals surface area contributed by atoms with E-state index in [1.165, 1.54) is 6.92 Å². The van der Waals surface area contributed by atoms with Gasteiger partial charge in [-0.1, -0.05) is 41.9 Å². The van der Waals surface area contributed by atoms with Crippen LogP contribution in [-0.2, 0) is 23.5 Å². The van der Waals surface area contributed by atoms with E-state index in [4.69, 9.17) is 27.3 Å². The number of hydrogen-bond acceptors (Lipinski definition) is 7. The predicted molar refractivity (Wildman–Crippen MR) is 169 cm³/mol. The molecule has 2 aliphatic heterocycles. The van der Waals surface area contributed by atoms with E-state index >= 15 is 0 Å². The van der Waals surface area contributed by atoms with Crippen LogP contribution in [0.1, 0.15) is 61.6 Å². The molecule has 0 radical (unpaired) electrons. The number of hydrogen-bond donors (Lipinski definition) is 2. The van der Waals surface area contributed by atoms with Gasteiger partial charge in [-0.25, -0.2) is 0 Å².